The Morgan fingerprint density at radius 3 is 1.44 bits per heavy atom. The van der Waals surface area contributed by atoms with Gasteiger partial charge in [-0.15, -0.1) is 0 Å². The molecular weight excluding hydrogens is 642 g/mol. The van der Waals surface area contributed by atoms with Crippen LogP contribution in [-0.4, -0.2) is 103 Å². The van der Waals surface area contributed by atoms with E-state index in [-0.39, 0.29) is 38.5 Å². The zero-order valence-corrected chi connectivity index (χ0v) is 31.3. The number of aliphatic hydroxyl groups is 1. The minimum Gasteiger partial charge on any atom is -0.460 e. The van der Waals surface area contributed by atoms with Gasteiger partial charge in [0.15, 0.2) is 0 Å². The van der Waals surface area contributed by atoms with Crippen molar-refractivity contribution in [3.8, 4) is 0 Å². The van der Waals surface area contributed by atoms with Gasteiger partial charge in [-0.05, 0) is 80.5 Å². The van der Waals surface area contributed by atoms with Gasteiger partial charge in [-0.3, -0.25) is 0 Å². The summed E-state index contributed by atoms with van der Waals surface area (Å²) >= 11 is 6.14. The van der Waals surface area contributed by atoms with Crippen molar-refractivity contribution >= 4 is 39.4 Å². The largest absolute Gasteiger partial charge is 0.460 e. The lowest BCUT2D eigenvalue weighted by Gasteiger charge is -2.35. The summed E-state index contributed by atoms with van der Waals surface area (Å²) in [4.78, 5) is 28.3. The van der Waals surface area contributed by atoms with Crippen LogP contribution in [-0.2, 0) is 32.6 Å². The standard InChI is InChI=1S/C15H27N2O4P.C9H18ClN2OP.C6H10O3/c1-12(2)15(18)19-10-11-21-22(20-9-8-16-7)17(13(3)4)14(5)6;1-8(2)12(9(3)4)14(10)13-7-6-11-5;1-5(2)6(8)9-4-3-7/h13-14H,1,8-11H2,2-6H3;8-9H,6-7H2,1-4H3;7H,1,3-4H2,2H3. The van der Waals surface area contributed by atoms with Crippen LogP contribution in [0.5, 0.6) is 0 Å². The molecule has 15 heteroatoms. The third kappa shape index (κ3) is 26.1. The molecule has 2 atom stereocenters. The van der Waals surface area contributed by atoms with E-state index in [4.69, 9.17) is 47.8 Å². The average molecular weight is 697 g/mol. The third-order valence-corrected chi connectivity index (χ3v) is 9.44. The predicted octanol–water partition coefficient (Wildman–Crippen LogP) is 7.01. The zero-order valence-electron chi connectivity index (χ0n) is 28.7. The minimum absolute atomic E-state index is 0.0473. The molecule has 1 N–H and O–H groups in total. The maximum absolute atomic E-state index is 11.3. The fourth-order valence-corrected chi connectivity index (χ4v) is 7.04. The molecule has 0 heterocycles. The normalized spacial score (nSPS) is 12.1. The molecule has 0 bridgehead atoms. The van der Waals surface area contributed by atoms with Crippen molar-refractivity contribution in [2.75, 3.05) is 52.7 Å². The quantitative estimate of drug-likeness (QED) is 0.0469. The Balaban J connectivity index is -0.000000653. The highest BCUT2D eigenvalue weighted by Gasteiger charge is 2.27. The van der Waals surface area contributed by atoms with E-state index in [0.29, 0.717) is 49.5 Å². The number of esters is 2. The lowest BCUT2D eigenvalue weighted by Crippen LogP contribution is -2.34. The van der Waals surface area contributed by atoms with Gasteiger partial charge in [-0.2, -0.15) is 0 Å². The first-order valence-corrected chi connectivity index (χ1v) is 17.9. The van der Waals surface area contributed by atoms with Crippen molar-refractivity contribution in [2.24, 2.45) is 0 Å². The van der Waals surface area contributed by atoms with E-state index >= 15 is 0 Å². The summed E-state index contributed by atoms with van der Waals surface area (Å²) in [6.45, 7) is 41.9. The maximum atomic E-state index is 11.3. The molecule has 45 heavy (non-hydrogen) atoms. The number of halogens is 1. The summed E-state index contributed by atoms with van der Waals surface area (Å²) in [6, 6.07) is 1.23. The molecule has 0 aromatic rings. The molecule has 0 amide bonds. The van der Waals surface area contributed by atoms with E-state index in [0.717, 1.165) is 0 Å². The van der Waals surface area contributed by atoms with Crippen molar-refractivity contribution in [1.82, 2.24) is 9.34 Å². The Bertz CT molecular complexity index is 911. The highest BCUT2D eigenvalue weighted by molar-refractivity contribution is 7.78. The third-order valence-electron chi connectivity index (χ3n) is 4.83. The van der Waals surface area contributed by atoms with Gasteiger partial charge >= 0.3 is 11.9 Å². The SMILES string of the molecule is C=C(C)C(=O)OCCO.[C-]#[N+]CCOP(Cl)N(C(C)C)C(C)C.[C-]#[N+]CCOP(OCCOC(=O)C(=C)C)N(C(C)C)C(C)C. The summed E-state index contributed by atoms with van der Waals surface area (Å²) < 4.78 is 30.6. The molecule has 0 saturated carbocycles. The second kappa shape index (κ2) is 29.7. The summed E-state index contributed by atoms with van der Waals surface area (Å²) in [5.41, 5.74) is 0.713. The summed E-state index contributed by atoms with van der Waals surface area (Å²) in [6.07, 6.45) is 0. The van der Waals surface area contributed by atoms with Crippen LogP contribution in [0.4, 0.5) is 0 Å². The van der Waals surface area contributed by atoms with Crippen LogP contribution in [0.3, 0.4) is 0 Å². The van der Waals surface area contributed by atoms with Crippen LogP contribution in [0.15, 0.2) is 24.3 Å². The van der Waals surface area contributed by atoms with Crippen LogP contribution < -0.4 is 0 Å². The van der Waals surface area contributed by atoms with Gasteiger partial charge in [-0.25, -0.2) is 32.1 Å². The summed E-state index contributed by atoms with van der Waals surface area (Å²) in [7, 11) is -2.36. The minimum atomic E-state index is -1.28. The second-order valence-corrected chi connectivity index (χ2v) is 13.9. The van der Waals surface area contributed by atoms with Crippen LogP contribution >= 0.6 is 27.4 Å². The summed E-state index contributed by atoms with van der Waals surface area (Å²) in [5.74, 6) is -0.879. The van der Waals surface area contributed by atoms with Crippen molar-refractivity contribution in [1.29, 1.82) is 0 Å². The van der Waals surface area contributed by atoms with E-state index in [1.165, 1.54) is 0 Å². The van der Waals surface area contributed by atoms with Gasteiger partial charge in [0, 0.05) is 35.3 Å². The number of ether oxygens (including phenoxy) is 2. The lowest BCUT2D eigenvalue weighted by atomic mass is 10.3. The number of nitrogens with zero attached hydrogens (tertiary/aromatic N) is 4. The molecule has 0 aliphatic carbocycles. The fourth-order valence-electron chi connectivity index (χ4n) is 3.13. The molecule has 0 fully saturated rings. The van der Waals surface area contributed by atoms with Gasteiger partial charge in [0.2, 0.25) is 20.7 Å². The average Bonchev–Trinajstić information content (AvgIpc) is 2.93. The van der Waals surface area contributed by atoms with Crippen LogP contribution in [0.25, 0.3) is 9.69 Å². The highest BCUT2D eigenvalue weighted by Crippen LogP contribution is 2.49. The van der Waals surface area contributed by atoms with Crippen molar-refractivity contribution < 1.29 is 37.7 Å². The fraction of sp³-hybridized carbons (Fsp3) is 0.733. The predicted molar refractivity (Wildman–Crippen MR) is 183 cm³/mol. The Kier molecular flexibility index (Phi) is 31.5. The van der Waals surface area contributed by atoms with Gasteiger partial charge in [0.1, 0.15) is 26.4 Å². The first kappa shape index (κ1) is 47.7. The van der Waals surface area contributed by atoms with E-state index in [1.807, 2.05) is 0 Å². The molecule has 0 radical (unpaired) electrons. The topological polar surface area (TPSA) is 116 Å². The first-order valence-electron chi connectivity index (χ1n) is 14.6. The molecule has 0 aliphatic rings. The number of aliphatic hydroxyl groups excluding tert-OH is 1. The number of hydrogen-bond acceptors (Lipinski definition) is 10. The van der Waals surface area contributed by atoms with Crippen molar-refractivity contribution in [3.05, 3.63) is 47.1 Å². The van der Waals surface area contributed by atoms with Gasteiger partial charge in [0.25, 0.3) is 8.53 Å². The monoisotopic (exact) mass is 696 g/mol. The zero-order chi connectivity index (χ0) is 35.5. The molecule has 2 unspecified atom stereocenters. The molecular formula is C30H55ClN4O8P2. The van der Waals surface area contributed by atoms with Gasteiger partial charge in [0.05, 0.1) is 13.2 Å². The maximum Gasteiger partial charge on any atom is 0.333 e. The molecule has 0 spiro atoms. The van der Waals surface area contributed by atoms with Gasteiger partial charge in [-0.1, -0.05) is 13.2 Å². The Hall–Kier alpha value is -1.69. The molecule has 0 rings (SSSR count). The van der Waals surface area contributed by atoms with E-state index < -0.39 is 28.1 Å². The lowest BCUT2D eigenvalue weighted by molar-refractivity contribution is -0.140. The molecule has 12 nitrogen and oxygen atoms in total. The molecule has 260 valence electrons. The Labute approximate surface area is 279 Å². The van der Waals surface area contributed by atoms with E-state index in [2.05, 4.69) is 92.3 Å². The summed E-state index contributed by atoms with van der Waals surface area (Å²) in [5, 5.41) is 8.19. The number of rotatable bonds is 20. The number of carbonyl (C=O) groups is 2. The highest BCUT2D eigenvalue weighted by atomic mass is 35.7. The second-order valence-electron chi connectivity index (χ2n) is 10.4. The van der Waals surface area contributed by atoms with E-state index in [1.54, 1.807) is 13.8 Å². The molecule has 0 aromatic carbocycles. The molecule has 0 aliphatic heterocycles. The molecule has 0 aromatic heterocycles. The first-order chi connectivity index (χ1) is 21.0. The van der Waals surface area contributed by atoms with Crippen molar-refractivity contribution in [3.63, 3.8) is 0 Å². The Morgan fingerprint density at radius 1 is 0.711 bits per heavy atom. The molecule has 0 saturated heterocycles. The number of hydrogen-bond donors (Lipinski definition) is 1. The van der Waals surface area contributed by atoms with E-state index in [9.17, 15) is 9.59 Å². The smallest absolute Gasteiger partial charge is 0.333 e. The van der Waals surface area contributed by atoms with Crippen LogP contribution in [0, 0.1) is 13.1 Å². The van der Waals surface area contributed by atoms with Crippen LogP contribution in [0.2, 0.25) is 0 Å². The van der Waals surface area contributed by atoms with Gasteiger partial charge < -0.3 is 37.8 Å². The van der Waals surface area contributed by atoms with Crippen molar-refractivity contribution in [2.45, 2.75) is 93.4 Å². The van der Waals surface area contributed by atoms with Crippen LogP contribution in [0.1, 0.15) is 69.2 Å². The number of carbonyl (C=O) groups excluding carboxylic acids is 2. The Morgan fingerprint density at radius 2 is 1.09 bits per heavy atom.